The fraction of sp³-hybridized carbons (Fsp3) is 0. The average molecular weight is 282 g/mol. The third kappa shape index (κ3) is 19.2. The van der Waals surface area contributed by atoms with Crippen LogP contribution in [0.5, 0.6) is 0 Å². The van der Waals surface area contributed by atoms with Gasteiger partial charge in [-0.1, -0.05) is 0 Å². The summed E-state index contributed by atoms with van der Waals surface area (Å²) in [6.45, 7) is 0. The summed E-state index contributed by atoms with van der Waals surface area (Å²) in [5.74, 6) is 0. The van der Waals surface area contributed by atoms with Crippen LogP contribution in [0.3, 0.4) is 0 Å². The summed E-state index contributed by atoms with van der Waals surface area (Å²) < 4.78 is 0.345. The van der Waals surface area contributed by atoms with Crippen LogP contribution in [-0.2, 0) is 25.3 Å². The van der Waals surface area contributed by atoms with Crippen LogP contribution in [0.25, 0.3) is 0 Å². The molecule has 2 N–H and O–H groups in total. The van der Waals surface area contributed by atoms with Crippen LogP contribution in [0.1, 0.15) is 0 Å². The molecular formula is C4H4N4Na2S4. The summed E-state index contributed by atoms with van der Waals surface area (Å²) in [5.41, 5.74) is 4.74. The largest absolute Gasteiger partial charge is 1.00 e. The van der Waals surface area contributed by atoms with E-state index in [1.165, 1.54) is 12.4 Å². The van der Waals surface area contributed by atoms with Gasteiger partial charge in [-0.2, -0.15) is 10.2 Å². The molecule has 0 saturated carbocycles. The summed E-state index contributed by atoms with van der Waals surface area (Å²) in [6, 6.07) is 0. The molecule has 0 fully saturated rings. The molecule has 0 rings (SSSR count). The van der Waals surface area contributed by atoms with Crippen molar-refractivity contribution in [3.8, 4) is 0 Å². The Balaban J connectivity index is -0.000000605. The molecule has 0 saturated heterocycles. The Kier molecular flexibility index (Phi) is 21.7. The molecule has 0 unspecified atom stereocenters. The van der Waals surface area contributed by atoms with Crippen molar-refractivity contribution in [3.63, 3.8) is 0 Å². The van der Waals surface area contributed by atoms with Crippen molar-refractivity contribution in [3.05, 3.63) is 0 Å². The van der Waals surface area contributed by atoms with E-state index in [-0.39, 0.29) is 67.8 Å². The van der Waals surface area contributed by atoms with E-state index in [0.717, 1.165) is 0 Å². The van der Waals surface area contributed by atoms with E-state index < -0.39 is 0 Å². The molecule has 0 amide bonds. The number of hydrogen-bond donors (Lipinski definition) is 2. The first-order chi connectivity index (χ1) is 5.63. The summed E-state index contributed by atoms with van der Waals surface area (Å²) in [7, 11) is 0. The van der Waals surface area contributed by atoms with E-state index in [1.54, 1.807) is 0 Å². The second kappa shape index (κ2) is 14.6. The molecule has 0 aliphatic heterocycles. The molecule has 0 aliphatic carbocycles. The number of nitrogens with zero attached hydrogens (tertiary/aromatic N) is 2. The number of rotatable bonds is 3. The van der Waals surface area contributed by atoms with Crippen molar-refractivity contribution in [1.29, 1.82) is 0 Å². The SMILES string of the molecule is S=C([S-])N/N=C\C=N/NC(=S)[S-].[Na+].[Na+]. The van der Waals surface area contributed by atoms with E-state index in [9.17, 15) is 0 Å². The monoisotopic (exact) mass is 282 g/mol. The van der Waals surface area contributed by atoms with E-state index in [4.69, 9.17) is 0 Å². The molecule has 0 radical (unpaired) electrons. The molecule has 0 aromatic heterocycles. The van der Waals surface area contributed by atoms with Crippen molar-refractivity contribution < 1.29 is 59.1 Å². The zero-order valence-electron chi connectivity index (χ0n) is 7.68. The zero-order chi connectivity index (χ0) is 9.40. The van der Waals surface area contributed by atoms with Crippen LogP contribution in [0.15, 0.2) is 10.2 Å². The van der Waals surface area contributed by atoms with Crippen LogP contribution in [0.4, 0.5) is 0 Å². The zero-order valence-corrected chi connectivity index (χ0v) is 14.9. The quantitative estimate of drug-likeness (QED) is 0.177. The van der Waals surface area contributed by atoms with Crippen LogP contribution >= 0.6 is 24.4 Å². The van der Waals surface area contributed by atoms with Crippen LogP contribution in [0, 0.1) is 0 Å². The maximum absolute atomic E-state index is 4.51. The van der Waals surface area contributed by atoms with Crippen molar-refractivity contribution in [2.75, 3.05) is 0 Å². The number of thiocarbonyl (C=S) groups is 2. The minimum absolute atomic E-state index is 0. The third-order valence-electron chi connectivity index (χ3n) is 0.527. The Morgan fingerprint density at radius 3 is 1.43 bits per heavy atom. The molecule has 0 bridgehead atoms. The summed E-state index contributed by atoms with van der Waals surface area (Å²) in [5, 5.41) is 7.16. The topological polar surface area (TPSA) is 48.8 Å². The average Bonchev–Trinajstić information content (AvgIpc) is 1.95. The summed E-state index contributed by atoms with van der Waals surface area (Å²) in [4.78, 5) is 0. The molecule has 0 aliphatic rings. The van der Waals surface area contributed by atoms with Gasteiger partial charge in [0.25, 0.3) is 0 Å². The van der Waals surface area contributed by atoms with Gasteiger partial charge >= 0.3 is 59.1 Å². The number of hydrogen-bond acceptors (Lipinski definition) is 6. The van der Waals surface area contributed by atoms with Crippen molar-refractivity contribution in [1.82, 2.24) is 10.9 Å². The Morgan fingerprint density at radius 1 is 0.929 bits per heavy atom. The van der Waals surface area contributed by atoms with Crippen molar-refractivity contribution >= 4 is 70.8 Å². The van der Waals surface area contributed by atoms with Gasteiger partial charge in [0.15, 0.2) is 0 Å². The molecule has 0 aromatic carbocycles. The first kappa shape index (κ1) is 20.9. The minimum atomic E-state index is 0. The van der Waals surface area contributed by atoms with Gasteiger partial charge < -0.3 is 49.7 Å². The van der Waals surface area contributed by atoms with Crippen molar-refractivity contribution in [2.45, 2.75) is 0 Å². The third-order valence-corrected chi connectivity index (χ3v) is 0.893. The fourth-order valence-electron chi connectivity index (χ4n) is 0.247. The minimum Gasteiger partial charge on any atom is -0.410 e. The van der Waals surface area contributed by atoms with Crippen LogP contribution < -0.4 is 70.0 Å². The summed E-state index contributed by atoms with van der Waals surface area (Å²) >= 11 is 18.0. The Hall–Kier alpha value is 1.56. The molecule has 10 heteroatoms. The Labute approximate surface area is 149 Å². The Morgan fingerprint density at radius 2 is 1.21 bits per heavy atom. The van der Waals surface area contributed by atoms with Gasteiger partial charge in [-0.25, -0.2) is 0 Å². The fourth-order valence-corrected chi connectivity index (χ4v) is 0.457. The van der Waals surface area contributed by atoms with Crippen LogP contribution in [0.2, 0.25) is 0 Å². The van der Waals surface area contributed by atoms with Gasteiger partial charge in [-0.15, -0.1) is 0 Å². The van der Waals surface area contributed by atoms with E-state index in [0.29, 0.717) is 0 Å². The number of hydrazone groups is 2. The molecule has 4 nitrogen and oxygen atoms in total. The first-order valence-corrected chi connectivity index (χ1v) is 4.25. The standard InChI is InChI=1S/C4H6N4S4.2Na/c9-3(10)7-5-1-2-6-8-4(11)12;;/h1-2H,(H2,7,9,10)(H2,8,11,12);;/q;2*+1/p-2/b5-1-,6-2-;;. The maximum Gasteiger partial charge on any atom is 1.00 e. The first-order valence-electron chi connectivity index (χ1n) is 2.61. The van der Waals surface area contributed by atoms with E-state index >= 15 is 0 Å². The maximum atomic E-state index is 4.51. The molecule has 0 atom stereocenters. The van der Waals surface area contributed by atoms with Gasteiger partial charge in [0.2, 0.25) is 0 Å². The molecular weight excluding hydrogens is 278 g/mol. The molecule has 14 heavy (non-hydrogen) atoms. The molecule has 0 heterocycles. The smallest absolute Gasteiger partial charge is 0.410 e. The second-order valence-electron chi connectivity index (χ2n) is 1.35. The normalized spacial score (nSPS) is 8.86. The van der Waals surface area contributed by atoms with Gasteiger partial charge in [0.05, 0.1) is 12.4 Å². The van der Waals surface area contributed by atoms with E-state index in [2.05, 4.69) is 70.7 Å². The second-order valence-corrected chi connectivity index (χ2v) is 3.50. The molecule has 0 aromatic rings. The van der Waals surface area contributed by atoms with Crippen molar-refractivity contribution in [2.24, 2.45) is 10.2 Å². The number of nitrogens with one attached hydrogen (secondary N) is 2. The summed E-state index contributed by atoms with van der Waals surface area (Å²) in [6.07, 6.45) is 2.72. The Bertz CT molecular complexity index is 207. The van der Waals surface area contributed by atoms with E-state index in [1.807, 2.05) is 0 Å². The van der Waals surface area contributed by atoms with Gasteiger partial charge in [0, 0.05) is 0 Å². The molecule has 66 valence electrons. The van der Waals surface area contributed by atoms with Crippen LogP contribution in [-0.4, -0.2) is 21.1 Å². The molecule has 0 spiro atoms. The van der Waals surface area contributed by atoms with Gasteiger partial charge in [0.1, 0.15) is 0 Å². The van der Waals surface area contributed by atoms with Gasteiger partial charge in [-0.3, -0.25) is 10.9 Å². The van der Waals surface area contributed by atoms with Gasteiger partial charge in [-0.05, 0) is 8.64 Å². The predicted octanol–water partition coefficient (Wildman–Crippen LogP) is -6.19. The predicted molar refractivity (Wildman–Crippen MR) is 63.2 cm³/mol.